The van der Waals surface area contributed by atoms with Gasteiger partial charge >= 0.3 is 6.18 Å². The number of fused-ring (bicyclic) bond motifs is 1. The molecule has 2 heterocycles. The fraction of sp³-hybridized carbons (Fsp3) is 0.842. The van der Waals surface area contributed by atoms with Gasteiger partial charge in [0.1, 0.15) is 6.17 Å². The van der Waals surface area contributed by atoms with Crippen molar-refractivity contribution in [3.8, 4) is 0 Å². The van der Waals surface area contributed by atoms with E-state index in [0.29, 0.717) is 12.8 Å². The second-order valence-corrected chi connectivity index (χ2v) is 8.17. The fourth-order valence-corrected chi connectivity index (χ4v) is 4.55. The molecule has 4 atom stereocenters. The minimum absolute atomic E-state index is 0.0153. The zero-order valence-corrected chi connectivity index (χ0v) is 16.1. The maximum atomic E-state index is 14.6. The van der Waals surface area contributed by atoms with Gasteiger partial charge in [-0.15, -0.1) is 0 Å². The summed E-state index contributed by atoms with van der Waals surface area (Å²) >= 11 is 0. The normalized spacial score (nSPS) is 30.3. The Balaban J connectivity index is 1.40. The maximum Gasteiger partial charge on any atom is 0.401 e. The molecule has 5 nitrogen and oxygen atoms in total. The Hall–Kier alpha value is -1.35. The van der Waals surface area contributed by atoms with Crippen molar-refractivity contribution in [1.29, 1.82) is 0 Å². The highest BCUT2D eigenvalue weighted by molar-refractivity contribution is 5.75. The highest BCUT2D eigenvalue weighted by atomic mass is 19.4. The average molecular weight is 407 g/mol. The Labute approximate surface area is 162 Å². The molecule has 3 rings (SSSR count). The van der Waals surface area contributed by atoms with Gasteiger partial charge in [0, 0.05) is 30.8 Å². The number of halogens is 4. The SMILES string of the molecule is CC(=O)NC1=CNC2CCC(OCC(F)C3CCN(CC(F)(F)F)CC3)CC12. The molecule has 0 spiro atoms. The summed E-state index contributed by atoms with van der Waals surface area (Å²) in [5.41, 5.74) is 0.861. The van der Waals surface area contributed by atoms with E-state index in [1.165, 1.54) is 11.8 Å². The number of rotatable bonds is 6. The van der Waals surface area contributed by atoms with Gasteiger partial charge in [-0.1, -0.05) is 0 Å². The van der Waals surface area contributed by atoms with E-state index in [4.69, 9.17) is 4.74 Å². The summed E-state index contributed by atoms with van der Waals surface area (Å²) in [6.45, 7) is 1.08. The summed E-state index contributed by atoms with van der Waals surface area (Å²) in [4.78, 5) is 12.7. The van der Waals surface area contributed by atoms with E-state index in [9.17, 15) is 22.4 Å². The van der Waals surface area contributed by atoms with Crippen molar-refractivity contribution >= 4 is 5.91 Å². The lowest BCUT2D eigenvalue weighted by Crippen LogP contribution is -2.43. The van der Waals surface area contributed by atoms with E-state index < -0.39 is 18.9 Å². The molecule has 0 aromatic rings. The van der Waals surface area contributed by atoms with Crippen molar-refractivity contribution < 1.29 is 27.1 Å². The van der Waals surface area contributed by atoms with E-state index in [1.54, 1.807) is 0 Å². The molecule has 160 valence electrons. The van der Waals surface area contributed by atoms with E-state index in [0.717, 1.165) is 25.0 Å². The number of ether oxygens (including phenoxy) is 1. The molecular formula is C19H29F4N3O2. The Kier molecular flexibility index (Phi) is 6.85. The van der Waals surface area contributed by atoms with Crippen molar-refractivity contribution in [1.82, 2.24) is 15.5 Å². The van der Waals surface area contributed by atoms with Gasteiger partial charge in [-0.2, -0.15) is 13.2 Å². The summed E-state index contributed by atoms with van der Waals surface area (Å²) in [6, 6.07) is 0.279. The number of nitrogens with one attached hydrogen (secondary N) is 2. The molecule has 4 unspecified atom stereocenters. The first-order valence-electron chi connectivity index (χ1n) is 10.00. The number of piperidine rings is 1. The topological polar surface area (TPSA) is 53.6 Å². The highest BCUT2D eigenvalue weighted by Gasteiger charge is 2.38. The van der Waals surface area contributed by atoms with Crippen LogP contribution in [-0.2, 0) is 9.53 Å². The molecule has 0 radical (unpaired) electrons. The van der Waals surface area contributed by atoms with Gasteiger partial charge in [-0.25, -0.2) is 4.39 Å². The standard InChI is InChI=1S/C19H29F4N3O2/c1-12(27)25-18-9-24-17-3-2-14(8-15(17)18)28-10-16(20)13-4-6-26(7-5-13)11-19(21,22)23/h9,13-17,24H,2-8,10-11H2,1H3,(H,25,27). The van der Waals surface area contributed by atoms with E-state index in [-0.39, 0.29) is 49.6 Å². The number of amides is 1. The maximum absolute atomic E-state index is 14.6. The molecule has 3 aliphatic rings. The molecule has 1 saturated carbocycles. The lowest BCUT2D eigenvalue weighted by atomic mass is 9.82. The van der Waals surface area contributed by atoms with Gasteiger partial charge in [0.25, 0.3) is 0 Å². The van der Waals surface area contributed by atoms with Crippen LogP contribution in [0.2, 0.25) is 0 Å². The van der Waals surface area contributed by atoms with Crippen LogP contribution in [0.15, 0.2) is 11.9 Å². The smallest absolute Gasteiger partial charge is 0.386 e. The number of nitrogens with zero attached hydrogens (tertiary/aromatic N) is 1. The first-order valence-corrected chi connectivity index (χ1v) is 10.00. The van der Waals surface area contributed by atoms with Crippen molar-refractivity contribution in [2.75, 3.05) is 26.2 Å². The largest absolute Gasteiger partial charge is 0.401 e. The van der Waals surface area contributed by atoms with Crippen LogP contribution in [-0.4, -0.2) is 61.5 Å². The van der Waals surface area contributed by atoms with Crippen molar-refractivity contribution in [2.24, 2.45) is 11.8 Å². The summed E-state index contributed by atoms with van der Waals surface area (Å²) in [5.74, 6) is -0.201. The molecule has 1 amide bonds. The fourth-order valence-electron chi connectivity index (χ4n) is 4.55. The summed E-state index contributed by atoms with van der Waals surface area (Å²) in [7, 11) is 0. The molecule has 1 saturated heterocycles. The molecule has 0 bridgehead atoms. The van der Waals surface area contributed by atoms with Gasteiger partial charge in [-0.05, 0) is 51.1 Å². The zero-order chi connectivity index (χ0) is 20.3. The number of carbonyl (C=O) groups excluding carboxylic acids is 1. The third kappa shape index (κ3) is 5.83. The first-order chi connectivity index (χ1) is 13.2. The van der Waals surface area contributed by atoms with Gasteiger partial charge in [-0.3, -0.25) is 9.69 Å². The van der Waals surface area contributed by atoms with Crippen LogP contribution in [0.5, 0.6) is 0 Å². The van der Waals surface area contributed by atoms with Gasteiger partial charge in [0.15, 0.2) is 0 Å². The Morgan fingerprint density at radius 2 is 2.04 bits per heavy atom. The minimum Gasteiger partial charge on any atom is -0.386 e. The second-order valence-electron chi connectivity index (χ2n) is 8.17. The lowest BCUT2D eigenvalue weighted by molar-refractivity contribution is -0.149. The minimum atomic E-state index is -4.20. The monoisotopic (exact) mass is 407 g/mol. The average Bonchev–Trinajstić information content (AvgIpc) is 3.00. The van der Waals surface area contributed by atoms with Gasteiger partial charge in [0.2, 0.25) is 5.91 Å². The Morgan fingerprint density at radius 1 is 1.32 bits per heavy atom. The third-order valence-corrected chi connectivity index (χ3v) is 6.01. The van der Waals surface area contributed by atoms with Crippen LogP contribution in [0.3, 0.4) is 0 Å². The van der Waals surface area contributed by atoms with Gasteiger partial charge in [0.05, 0.1) is 19.3 Å². The van der Waals surface area contributed by atoms with Crippen LogP contribution in [0, 0.1) is 11.8 Å². The molecule has 0 aromatic heterocycles. The van der Waals surface area contributed by atoms with Crippen LogP contribution < -0.4 is 10.6 Å². The molecular weight excluding hydrogens is 378 g/mol. The first kappa shape index (κ1) is 21.4. The Morgan fingerprint density at radius 3 is 2.68 bits per heavy atom. The number of hydrogen-bond donors (Lipinski definition) is 2. The number of carbonyl (C=O) groups is 1. The van der Waals surface area contributed by atoms with Crippen LogP contribution in [0.4, 0.5) is 17.6 Å². The predicted octanol–water partition coefficient (Wildman–Crippen LogP) is 2.73. The number of hydrogen-bond acceptors (Lipinski definition) is 4. The Bertz CT molecular complexity index is 576. The highest BCUT2D eigenvalue weighted by Crippen LogP contribution is 2.35. The summed E-state index contributed by atoms with van der Waals surface area (Å²) < 4.78 is 57.7. The molecule has 2 fully saturated rings. The van der Waals surface area contributed by atoms with Crippen LogP contribution in [0.1, 0.15) is 39.0 Å². The summed E-state index contributed by atoms with van der Waals surface area (Å²) in [5, 5.41) is 6.12. The van der Waals surface area contributed by atoms with E-state index in [1.807, 2.05) is 6.20 Å². The molecule has 28 heavy (non-hydrogen) atoms. The number of alkyl halides is 4. The van der Waals surface area contributed by atoms with Gasteiger partial charge < -0.3 is 15.4 Å². The molecule has 0 aromatic carbocycles. The molecule has 1 aliphatic carbocycles. The lowest BCUT2D eigenvalue weighted by Gasteiger charge is -2.35. The summed E-state index contributed by atoms with van der Waals surface area (Å²) in [6.07, 6.45) is -0.298. The number of likely N-dealkylation sites (tertiary alicyclic amines) is 1. The third-order valence-electron chi connectivity index (χ3n) is 6.01. The quantitative estimate of drug-likeness (QED) is 0.665. The molecule has 2 N–H and O–H groups in total. The predicted molar refractivity (Wildman–Crippen MR) is 96.0 cm³/mol. The zero-order valence-electron chi connectivity index (χ0n) is 16.1. The molecule has 2 aliphatic heterocycles. The molecule has 9 heteroatoms. The van der Waals surface area contributed by atoms with Crippen LogP contribution in [0.25, 0.3) is 0 Å². The van der Waals surface area contributed by atoms with Crippen molar-refractivity contribution in [3.05, 3.63) is 11.9 Å². The van der Waals surface area contributed by atoms with E-state index in [2.05, 4.69) is 10.6 Å². The van der Waals surface area contributed by atoms with E-state index >= 15 is 0 Å². The van der Waals surface area contributed by atoms with Crippen molar-refractivity contribution in [2.45, 2.75) is 63.5 Å². The van der Waals surface area contributed by atoms with Crippen molar-refractivity contribution in [3.63, 3.8) is 0 Å². The van der Waals surface area contributed by atoms with Crippen LogP contribution >= 0.6 is 0 Å². The second kappa shape index (κ2) is 8.98.